The number of hydrogen-bond acceptors (Lipinski definition) is 7. The average molecular weight is 765 g/mol. The molecule has 2 aromatic carbocycles. The summed E-state index contributed by atoms with van der Waals surface area (Å²) in [5.74, 6) is -4.10. The maximum absolute atomic E-state index is 14.2. The first-order chi connectivity index (χ1) is 25.9. The molecule has 0 aliphatic heterocycles. The number of nitrogens with one attached hydrogen (secondary N) is 5. The van der Waals surface area contributed by atoms with Crippen LogP contribution in [0.15, 0.2) is 60.7 Å². The van der Waals surface area contributed by atoms with Gasteiger partial charge in [0.1, 0.15) is 24.2 Å². The fourth-order valence-electron chi connectivity index (χ4n) is 6.17. The minimum Gasteiger partial charge on any atom is -0.480 e. The fourth-order valence-corrected chi connectivity index (χ4v) is 6.17. The van der Waals surface area contributed by atoms with Gasteiger partial charge in [0.25, 0.3) is 0 Å². The molecule has 0 saturated carbocycles. The van der Waals surface area contributed by atoms with E-state index in [1.807, 2.05) is 95.3 Å². The molecule has 0 spiro atoms. The summed E-state index contributed by atoms with van der Waals surface area (Å²) >= 11 is 0. The van der Waals surface area contributed by atoms with Crippen LogP contribution in [-0.2, 0) is 41.6 Å². The highest BCUT2D eigenvalue weighted by Gasteiger charge is 2.34. The largest absolute Gasteiger partial charge is 0.480 e. The number of nitrogens with two attached hydrogens (primary N) is 1. The lowest BCUT2D eigenvalue weighted by atomic mass is 9.94. The monoisotopic (exact) mass is 764 g/mol. The predicted octanol–water partition coefficient (Wildman–Crippen LogP) is 3.49. The molecule has 0 heterocycles. The number of amides is 5. The first-order valence-electron chi connectivity index (χ1n) is 19.5. The summed E-state index contributed by atoms with van der Waals surface area (Å²) in [6.07, 6.45) is 1.31. The molecule has 13 nitrogen and oxygen atoms in total. The standard InChI is InChI=1S/C42H64N6O7/c1-9-28(8)38(41(53)48-37(27(6)7)42(54)55)47-36(50)24-31(43)32(22-29-16-12-10-13-17-29)45-40(52)34(23-30-18-14-11-15-19-30)46-39(51)33(20-25(2)3)44-35(49)21-26(4)5/h10-19,25-28,31-34,37-38H,9,20-24,43H2,1-8H3,(H,44,49)(H,45,52)(H,46,51)(H,47,50)(H,48,53)(H,54,55)/t28-,31?,32?,33-,34-,37-,38-/m0/s1. The Balaban J connectivity index is 2.38. The average Bonchev–Trinajstić information content (AvgIpc) is 3.11. The Morgan fingerprint density at radius 3 is 1.62 bits per heavy atom. The molecule has 2 unspecified atom stereocenters. The van der Waals surface area contributed by atoms with Gasteiger partial charge in [0, 0.05) is 31.3 Å². The Labute approximate surface area is 326 Å². The van der Waals surface area contributed by atoms with Crippen LogP contribution in [0, 0.1) is 23.7 Å². The minimum atomic E-state index is -1.17. The van der Waals surface area contributed by atoms with Crippen LogP contribution in [0.1, 0.15) is 92.2 Å². The third-order valence-corrected chi connectivity index (χ3v) is 9.47. The Bertz CT molecular complexity index is 1540. The van der Waals surface area contributed by atoms with Crippen molar-refractivity contribution in [3.05, 3.63) is 71.8 Å². The lowest BCUT2D eigenvalue weighted by Gasteiger charge is -2.30. The summed E-state index contributed by atoms with van der Waals surface area (Å²) < 4.78 is 0. The van der Waals surface area contributed by atoms with Gasteiger partial charge in [-0.15, -0.1) is 0 Å². The van der Waals surface area contributed by atoms with Crippen molar-refractivity contribution in [1.29, 1.82) is 0 Å². The number of hydrogen-bond donors (Lipinski definition) is 7. The molecule has 0 saturated heterocycles. The highest BCUT2D eigenvalue weighted by Crippen LogP contribution is 2.14. The first kappa shape index (κ1) is 46.4. The van der Waals surface area contributed by atoms with Crippen molar-refractivity contribution < 1.29 is 33.9 Å². The van der Waals surface area contributed by atoms with Crippen molar-refractivity contribution >= 4 is 35.5 Å². The van der Waals surface area contributed by atoms with Crippen LogP contribution in [0.5, 0.6) is 0 Å². The summed E-state index contributed by atoms with van der Waals surface area (Å²) in [7, 11) is 0. The number of carboxylic acids is 1. The molecular formula is C42H64N6O7. The van der Waals surface area contributed by atoms with E-state index in [1.165, 1.54) is 0 Å². The van der Waals surface area contributed by atoms with E-state index in [1.54, 1.807) is 20.8 Å². The van der Waals surface area contributed by atoms with Crippen molar-refractivity contribution in [3.8, 4) is 0 Å². The summed E-state index contributed by atoms with van der Waals surface area (Å²) in [6, 6.07) is 12.8. The Kier molecular flexibility index (Phi) is 19.6. The fraction of sp³-hybridized carbons (Fsp3) is 0.571. The van der Waals surface area contributed by atoms with E-state index in [2.05, 4.69) is 26.6 Å². The maximum Gasteiger partial charge on any atom is 0.326 e. The summed E-state index contributed by atoms with van der Waals surface area (Å²) in [5, 5.41) is 23.7. The van der Waals surface area contributed by atoms with E-state index in [0.717, 1.165) is 11.1 Å². The van der Waals surface area contributed by atoms with Gasteiger partial charge < -0.3 is 37.4 Å². The van der Waals surface area contributed by atoms with Gasteiger partial charge in [-0.25, -0.2) is 4.79 Å². The van der Waals surface area contributed by atoms with Crippen molar-refractivity contribution in [2.75, 3.05) is 0 Å². The highest BCUT2D eigenvalue weighted by atomic mass is 16.4. The lowest BCUT2D eigenvalue weighted by molar-refractivity contribution is -0.143. The van der Waals surface area contributed by atoms with E-state index in [4.69, 9.17) is 5.73 Å². The van der Waals surface area contributed by atoms with Gasteiger partial charge >= 0.3 is 5.97 Å². The summed E-state index contributed by atoms with van der Waals surface area (Å²) in [6.45, 7) is 14.8. The smallest absolute Gasteiger partial charge is 0.326 e. The predicted molar refractivity (Wildman–Crippen MR) is 213 cm³/mol. The van der Waals surface area contributed by atoms with Gasteiger partial charge in [-0.1, -0.05) is 122 Å². The van der Waals surface area contributed by atoms with Gasteiger partial charge in [0.2, 0.25) is 29.5 Å². The molecule has 2 aromatic rings. The summed E-state index contributed by atoms with van der Waals surface area (Å²) in [4.78, 5) is 79.4. The molecule has 0 aliphatic rings. The third-order valence-electron chi connectivity index (χ3n) is 9.47. The number of carbonyl (C=O) groups excluding carboxylic acids is 5. The second-order valence-corrected chi connectivity index (χ2v) is 15.8. The molecule has 0 bridgehead atoms. The van der Waals surface area contributed by atoms with Crippen molar-refractivity contribution in [1.82, 2.24) is 26.6 Å². The van der Waals surface area contributed by atoms with Gasteiger partial charge in [-0.05, 0) is 47.6 Å². The Morgan fingerprint density at radius 1 is 0.600 bits per heavy atom. The van der Waals surface area contributed by atoms with Crippen LogP contribution >= 0.6 is 0 Å². The highest BCUT2D eigenvalue weighted by molar-refractivity contribution is 5.93. The molecule has 8 N–H and O–H groups in total. The molecule has 7 atom stereocenters. The molecule has 13 heteroatoms. The zero-order valence-electron chi connectivity index (χ0n) is 33.8. The van der Waals surface area contributed by atoms with Gasteiger partial charge in [-0.3, -0.25) is 24.0 Å². The van der Waals surface area contributed by atoms with Crippen LogP contribution in [0.3, 0.4) is 0 Å². The van der Waals surface area contributed by atoms with Crippen LogP contribution in [0.4, 0.5) is 0 Å². The number of carboxylic acid groups (broad SMARTS) is 1. The van der Waals surface area contributed by atoms with Crippen LogP contribution < -0.4 is 32.3 Å². The van der Waals surface area contributed by atoms with E-state index in [9.17, 15) is 33.9 Å². The molecular weight excluding hydrogens is 700 g/mol. The summed E-state index contributed by atoms with van der Waals surface area (Å²) in [5.41, 5.74) is 8.35. The molecule has 304 valence electrons. The number of carbonyl (C=O) groups is 6. The van der Waals surface area contributed by atoms with E-state index in [-0.39, 0.29) is 55.3 Å². The molecule has 2 rings (SSSR count). The minimum absolute atomic E-state index is 0.0793. The number of aliphatic carboxylic acids is 1. The van der Waals surface area contributed by atoms with Crippen LogP contribution in [0.2, 0.25) is 0 Å². The molecule has 0 aliphatic carbocycles. The third kappa shape index (κ3) is 16.6. The van der Waals surface area contributed by atoms with Crippen molar-refractivity contribution in [3.63, 3.8) is 0 Å². The Morgan fingerprint density at radius 2 is 1.13 bits per heavy atom. The van der Waals surface area contributed by atoms with E-state index < -0.39 is 65.8 Å². The topological polar surface area (TPSA) is 209 Å². The van der Waals surface area contributed by atoms with Gasteiger partial charge in [0.05, 0.1) is 0 Å². The van der Waals surface area contributed by atoms with Crippen molar-refractivity contribution in [2.45, 2.75) is 130 Å². The Hall–Kier alpha value is -4.78. The molecule has 0 radical (unpaired) electrons. The molecule has 5 amide bonds. The quantitative estimate of drug-likeness (QED) is 0.0889. The second-order valence-electron chi connectivity index (χ2n) is 15.8. The molecule has 0 fully saturated rings. The lowest BCUT2D eigenvalue weighted by Crippen LogP contribution is -2.59. The SMILES string of the molecule is CC[C@H](C)[C@H](NC(=O)CC(N)C(Cc1ccccc1)NC(=O)[C@H](Cc1ccccc1)NC(=O)[C@H](CC(C)C)NC(=O)CC(C)C)C(=O)N[C@H](C(=O)O)C(C)C. The van der Waals surface area contributed by atoms with Crippen LogP contribution in [0.25, 0.3) is 0 Å². The zero-order valence-corrected chi connectivity index (χ0v) is 33.8. The number of rotatable bonds is 23. The van der Waals surface area contributed by atoms with E-state index >= 15 is 0 Å². The first-order valence-corrected chi connectivity index (χ1v) is 19.5. The normalized spacial score (nSPS) is 15.2. The van der Waals surface area contributed by atoms with Gasteiger partial charge in [0.15, 0.2) is 0 Å². The van der Waals surface area contributed by atoms with E-state index in [0.29, 0.717) is 12.8 Å². The second kappa shape index (κ2) is 23.2. The molecule has 0 aromatic heterocycles. The number of benzene rings is 2. The van der Waals surface area contributed by atoms with Crippen molar-refractivity contribution in [2.24, 2.45) is 29.4 Å². The maximum atomic E-state index is 14.2. The zero-order chi connectivity index (χ0) is 41.2. The molecule has 55 heavy (non-hydrogen) atoms. The van der Waals surface area contributed by atoms with Gasteiger partial charge in [-0.2, -0.15) is 0 Å². The van der Waals surface area contributed by atoms with Crippen LogP contribution in [-0.4, -0.2) is 76.9 Å².